The molecule has 3 saturated heterocycles. The second kappa shape index (κ2) is 2.70. The molecule has 0 radical (unpaired) electrons. The highest BCUT2D eigenvalue weighted by atomic mass is 16.5. The molecule has 14 heavy (non-hydrogen) atoms. The molecule has 0 spiro atoms. The van der Waals surface area contributed by atoms with E-state index in [1.807, 2.05) is 11.9 Å². The Labute approximate surface area is 83.8 Å². The Morgan fingerprint density at radius 2 is 2.29 bits per heavy atom. The maximum absolute atomic E-state index is 11.3. The molecule has 1 amide bonds. The number of morpholine rings is 1. The molecule has 4 unspecified atom stereocenters. The number of hydrogen-bond donors (Lipinski definition) is 0. The number of ether oxygens (including phenoxy) is 1. The molecule has 4 atom stereocenters. The predicted molar refractivity (Wildman–Crippen MR) is 50.9 cm³/mol. The van der Waals surface area contributed by atoms with Crippen LogP contribution in [0.1, 0.15) is 13.3 Å². The third-order valence-corrected chi connectivity index (χ3v) is 3.94. The van der Waals surface area contributed by atoms with Crippen LogP contribution in [0.15, 0.2) is 0 Å². The number of hydrogen-bond acceptors (Lipinski definition) is 3. The third kappa shape index (κ3) is 0.929. The molecule has 0 N–H and O–H groups in total. The Hall–Kier alpha value is -0.610. The van der Waals surface area contributed by atoms with Gasteiger partial charge < -0.3 is 9.64 Å². The highest BCUT2D eigenvalue weighted by molar-refractivity contribution is 5.73. The molecule has 3 fully saturated rings. The van der Waals surface area contributed by atoms with Crippen molar-refractivity contribution in [3.05, 3.63) is 0 Å². The van der Waals surface area contributed by atoms with E-state index >= 15 is 0 Å². The van der Waals surface area contributed by atoms with Gasteiger partial charge in [0.05, 0.1) is 24.3 Å². The number of rotatable bonds is 1. The Kier molecular flexibility index (Phi) is 1.67. The zero-order valence-corrected chi connectivity index (χ0v) is 8.64. The van der Waals surface area contributed by atoms with Crippen LogP contribution in [0.5, 0.6) is 0 Å². The normalized spacial score (nSPS) is 44.7. The van der Waals surface area contributed by atoms with Crippen molar-refractivity contribution in [3.63, 3.8) is 0 Å². The van der Waals surface area contributed by atoms with Crippen molar-refractivity contribution in [2.75, 3.05) is 20.1 Å². The average Bonchev–Trinajstić information content (AvgIpc) is 2.70. The monoisotopic (exact) mass is 196 g/mol. The molecule has 0 saturated carbocycles. The molecule has 78 valence electrons. The third-order valence-electron chi connectivity index (χ3n) is 3.94. The van der Waals surface area contributed by atoms with E-state index in [0.717, 1.165) is 19.5 Å². The van der Waals surface area contributed by atoms with E-state index in [0.29, 0.717) is 18.2 Å². The molecule has 0 aliphatic carbocycles. The second-order valence-electron chi connectivity index (χ2n) is 4.61. The summed E-state index contributed by atoms with van der Waals surface area (Å²) in [6.07, 6.45) is 1.80. The lowest BCUT2D eigenvalue weighted by molar-refractivity contribution is -0.130. The van der Waals surface area contributed by atoms with Gasteiger partial charge in [-0.1, -0.05) is 0 Å². The molecule has 4 heteroatoms. The first-order valence-electron chi connectivity index (χ1n) is 5.31. The van der Waals surface area contributed by atoms with Gasteiger partial charge in [0.15, 0.2) is 0 Å². The van der Waals surface area contributed by atoms with Crippen LogP contribution in [0.2, 0.25) is 0 Å². The lowest BCUT2D eigenvalue weighted by atomic mass is 10.1. The van der Waals surface area contributed by atoms with Crippen LogP contribution in [-0.2, 0) is 9.53 Å². The van der Waals surface area contributed by atoms with Gasteiger partial charge in [0.2, 0.25) is 5.91 Å². The van der Waals surface area contributed by atoms with E-state index in [4.69, 9.17) is 4.74 Å². The fraction of sp³-hybridized carbons (Fsp3) is 0.900. The fourth-order valence-electron chi connectivity index (χ4n) is 3.24. The van der Waals surface area contributed by atoms with Gasteiger partial charge in [-0.2, -0.15) is 0 Å². The highest BCUT2D eigenvalue weighted by Crippen LogP contribution is 2.41. The van der Waals surface area contributed by atoms with E-state index in [9.17, 15) is 4.79 Å². The minimum Gasteiger partial charge on any atom is -0.370 e. The minimum absolute atomic E-state index is 0.151. The minimum atomic E-state index is 0.151. The van der Waals surface area contributed by atoms with Crippen LogP contribution >= 0.6 is 0 Å². The number of amides is 1. The molecule has 3 rings (SSSR count). The quantitative estimate of drug-likeness (QED) is 0.576. The topological polar surface area (TPSA) is 32.8 Å². The molecular formula is C10H16N2O2. The molecule has 0 aromatic heterocycles. The molecule has 3 heterocycles. The van der Waals surface area contributed by atoms with Crippen LogP contribution in [0.25, 0.3) is 0 Å². The lowest BCUT2D eigenvalue weighted by Crippen LogP contribution is -2.45. The lowest BCUT2D eigenvalue weighted by Gasteiger charge is -2.26. The summed E-state index contributed by atoms with van der Waals surface area (Å²) in [5.74, 6) is 0.151. The van der Waals surface area contributed by atoms with Crippen molar-refractivity contribution >= 4 is 5.91 Å². The zero-order chi connectivity index (χ0) is 9.87. The fourth-order valence-corrected chi connectivity index (χ4v) is 3.24. The largest absolute Gasteiger partial charge is 0.370 e. The summed E-state index contributed by atoms with van der Waals surface area (Å²) in [5.41, 5.74) is 0. The van der Waals surface area contributed by atoms with E-state index in [1.54, 1.807) is 6.92 Å². The summed E-state index contributed by atoms with van der Waals surface area (Å²) in [6, 6.07) is 0.786. The molecule has 3 aliphatic heterocycles. The number of likely N-dealkylation sites (N-methyl/N-ethyl adjacent to an activating group) is 1. The molecule has 0 aromatic rings. The summed E-state index contributed by atoms with van der Waals surface area (Å²) in [4.78, 5) is 15.7. The van der Waals surface area contributed by atoms with Gasteiger partial charge in [-0.3, -0.25) is 9.69 Å². The van der Waals surface area contributed by atoms with Gasteiger partial charge in [0.25, 0.3) is 0 Å². The number of carbonyl (C=O) groups is 1. The van der Waals surface area contributed by atoms with E-state index in [1.165, 1.54) is 0 Å². The van der Waals surface area contributed by atoms with E-state index in [-0.39, 0.29) is 12.0 Å². The second-order valence-corrected chi connectivity index (χ2v) is 4.61. The first kappa shape index (κ1) is 8.68. The van der Waals surface area contributed by atoms with Crippen molar-refractivity contribution in [1.82, 2.24) is 9.80 Å². The Morgan fingerprint density at radius 1 is 1.50 bits per heavy atom. The SMILES string of the molecule is CC(=O)N(C)C1C2CN3CCC(O2)C13. The average molecular weight is 196 g/mol. The Bertz CT molecular complexity index is 267. The maximum Gasteiger partial charge on any atom is 0.219 e. The first-order valence-corrected chi connectivity index (χ1v) is 5.31. The summed E-state index contributed by atoms with van der Waals surface area (Å²) < 4.78 is 5.90. The van der Waals surface area contributed by atoms with Crippen LogP contribution in [0.4, 0.5) is 0 Å². The summed E-state index contributed by atoms with van der Waals surface area (Å²) in [6.45, 7) is 3.80. The van der Waals surface area contributed by atoms with E-state index in [2.05, 4.69) is 4.90 Å². The van der Waals surface area contributed by atoms with Crippen LogP contribution in [0, 0.1) is 0 Å². The standard InChI is InChI=1S/C10H16N2O2/c1-6(13)11(2)9-8-5-12-4-3-7(14-8)10(9)12/h7-10H,3-5H2,1-2H3. The number of carbonyl (C=O) groups excluding carboxylic acids is 1. The van der Waals surface area contributed by atoms with Gasteiger partial charge >= 0.3 is 0 Å². The van der Waals surface area contributed by atoms with Gasteiger partial charge in [-0.05, 0) is 6.42 Å². The number of fused-ring (bicyclic) bond motifs is 1. The van der Waals surface area contributed by atoms with Crippen LogP contribution < -0.4 is 0 Å². The summed E-state index contributed by atoms with van der Waals surface area (Å²) in [5, 5.41) is 0. The van der Waals surface area contributed by atoms with Crippen molar-refractivity contribution in [1.29, 1.82) is 0 Å². The molecule has 4 nitrogen and oxygen atoms in total. The van der Waals surface area contributed by atoms with Crippen molar-refractivity contribution < 1.29 is 9.53 Å². The Morgan fingerprint density at radius 3 is 2.93 bits per heavy atom. The highest BCUT2D eigenvalue weighted by Gasteiger charge is 2.58. The van der Waals surface area contributed by atoms with Crippen molar-refractivity contribution in [2.45, 2.75) is 37.6 Å². The maximum atomic E-state index is 11.3. The summed E-state index contributed by atoms with van der Waals surface area (Å²) in [7, 11) is 1.90. The molecular weight excluding hydrogens is 180 g/mol. The summed E-state index contributed by atoms with van der Waals surface area (Å²) >= 11 is 0. The number of nitrogens with zero attached hydrogens (tertiary/aromatic N) is 2. The predicted octanol–water partition coefficient (Wildman–Crippen LogP) is -0.311. The van der Waals surface area contributed by atoms with Gasteiger partial charge in [-0.25, -0.2) is 0 Å². The van der Waals surface area contributed by atoms with Gasteiger partial charge in [0, 0.05) is 27.1 Å². The van der Waals surface area contributed by atoms with Crippen molar-refractivity contribution in [2.24, 2.45) is 0 Å². The van der Waals surface area contributed by atoms with Crippen LogP contribution in [-0.4, -0.2) is 60.1 Å². The zero-order valence-electron chi connectivity index (χ0n) is 8.64. The molecule has 3 aliphatic rings. The molecule has 0 aromatic carbocycles. The van der Waals surface area contributed by atoms with Gasteiger partial charge in [0.1, 0.15) is 0 Å². The smallest absolute Gasteiger partial charge is 0.219 e. The first-order chi connectivity index (χ1) is 6.68. The molecule has 2 bridgehead atoms. The van der Waals surface area contributed by atoms with Gasteiger partial charge in [-0.15, -0.1) is 0 Å². The van der Waals surface area contributed by atoms with E-state index < -0.39 is 0 Å². The van der Waals surface area contributed by atoms with Crippen molar-refractivity contribution in [3.8, 4) is 0 Å². The Balaban J connectivity index is 1.87. The van der Waals surface area contributed by atoms with Crippen LogP contribution in [0.3, 0.4) is 0 Å².